The number of para-hydroxylation sites is 1. The van der Waals surface area contributed by atoms with Crippen LogP contribution in [0.15, 0.2) is 54.6 Å². The Hall–Kier alpha value is -3.21. The summed E-state index contributed by atoms with van der Waals surface area (Å²) in [5.41, 5.74) is 6.32. The first kappa shape index (κ1) is 13.5. The highest BCUT2D eigenvalue weighted by molar-refractivity contribution is 6.00. The molecule has 5 heteroatoms. The second-order valence-electron chi connectivity index (χ2n) is 5.26. The Kier molecular flexibility index (Phi) is 3.05. The molecule has 3 aromatic rings. The smallest absolute Gasteiger partial charge is 0.262 e. The lowest BCUT2D eigenvalue weighted by atomic mass is 10.1. The number of ether oxygens (including phenoxy) is 1. The Bertz CT molecular complexity index is 923. The number of nitrogens with zero attached hydrogens (tertiary/aromatic N) is 1. The Balaban J connectivity index is 1.87. The molecular formula is C18H15N3O2. The third-order valence-electron chi connectivity index (χ3n) is 3.90. The van der Waals surface area contributed by atoms with Gasteiger partial charge >= 0.3 is 0 Å². The second kappa shape index (κ2) is 5.21. The maximum Gasteiger partial charge on any atom is 0.262 e. The van der Waals surface area contributed by atoms with Crippen molar-refractivity contribution >= 4 is 28.7 Å². The summed E-state index contributed by atoms with van der Waals surface area (Å²) < 4.78 is 7.16. The predicted molar refractivity (Wildman–Crippen MR) is 90.1 cm³/mol. The number of fused-ring (bicyclic) bond motifs is 3. The molecule has 0 unspecified atom stereocenters. The number of hydrogen-bond donors (Lipinski definition) is 2. The van der Waals surface area contributed by atoms with E-state index in [0.29, 0.717) is 5.69 Å². The van der Waals surface area contributed by atoms with Crippen LogP contribution in [-0.4, -0.2) is 17.6 Å². The van der Waals surface area contributed by atoms with E-state index < -0.39 is 0 Å². The van der Waals surface area contributed by atoms with Gasteiger partial charge in [0, 0.05) is 17.1 Å². The summed E-state index contributed by atoms with van der Waals surface area (Å²) in [5, 5.41) is 9.17. The minimum Gasteiger partial charge on any atom is -0.497 e. The molecular weight excluding hydrogens is 290 g/mol. The summed E-state index contributed by atoms with van der Waals surface area (Å²) in [7, 11) is 1.64. The van der Waals surface area contributed by atoms with Gasteiger partial charge in [-0.3, -0.25) is 5.41 Å². The van der Waals surface area contributed by atoms with Gasteiger partial charge < -0.3 is 14.1 Å². The minimum atomic E-state index is 0.0842. The second-order valence-corrected chi connectivity index (χ2v) is 5.26. The zero-order valence-electron chi connectivity index (χ0n) is 12.5. The summed E-state index contributed by atoms with van der Waals surface area (Å²) >= 11 is 0. The molecule has 2 N–H and O–H groups in total. The molecule has 0 bridgehead atoms. The van der Waals surface area contributed by atoms with Gasteiger partial charge in [0.05, 0.1) is 18.3 Å². The number of rotatable bonds is 2. The maximum atomic E-state index is 8.10. The van der Waals surface area contributed by atoms with Gasteiger partial charge in [-0.15, -0.1) is 0 Å². The van der Waals surface area contributed by atoms with E-state index in [4.69, 9.17) is 15.0 Å². The highest BCUT2D eigenvalue weighted by Crippen LogP contribution is 2.26. The van der Waals surface area contributed by atoms with Crippen LogP contribution in [0.3, 0.4) is 0 Å². The molecule has 114 valence electrons. The van der Waals surface area contributed by atoms with Crippen molar-refractivity contribution in [1.82, 2.24) is 10.0 Å². The number of nitrogens with one attached hydrogen (secondary N) is 2. The lowest BCUT2D eigenvalue weighted by Gasteiger charge is -2.09. The fourth-order valence-electron chi connectivity index (χ4n) is 2.71. The van der Waals surface area contributed by atoms with Crippen molar-refractivity contribution in [3.8, 4) is 5.75 Å². The van der Waals surface area contributed by atoms with Gasteiger partial charge in [0.1, 0.15) is 11.4 Å². The Labute approximate surface area is 133 Å². The normalized spacial score (nSPS) is 13.6. The molecule has 0 atom stereocenters. The number of methoxy groups -OCH3 is 1. The van der Waals surface area contributed by atoms with Crippen LogP contribution < -0.4 is 10.2 Å². The van der Waals surface area contributed by atoms with Crippen molar-refractivity contribution in [2.24, 2.45) is 0 Å². The van der Waals surface area contributed by atoms with E-state index in [1.165, 1.54) is 0 Å². The van der Waals surface area contributed by atoms with Crippen molar-refractivity contribution in [1.29, 1.82) is 5.41 Å². The van der Waals surface area contributed by atoms with Gasteiger partial charge in [-0.05, 0) is 36.4 Å². The van der Waals surface area contributed by atoms with E-state index in [0.717, 1.165) is 27.9 Å². The maximum absolute atomic E-state index is 8.10. The molecule has 0 radical (unpaired) electrons. The van der Waals surface area contributed by atoms with Crippen LogP contribution in [0.25, 0.3) is 22.8 Å². The Morgan fingerprint density at radius 2 is 1.87 bits per heavy atom. The summed E-state index contributed by atoms with van der Waals surface area (Å²) in [5.74, 6) is 0.879. The van der Waals surface area contributed by atoms with Crippen LogP contribution in [0, 0.1) is 5.41 Å². The lowest BCUT2D eigenvalue weighted by Crippen LogP contribution is -2.16. The van der Waals surface area contributed by atoms with E-state index in [1.54, 1.807) is 7.11 Å². The van der Waals surface area contributed by atoms with Crippen molar-refractivity contribution in [3.05, 3.63) is 65.9 Å². The minimum absolute atomic E-state index is 0.0842. The third kappa shape index (κ3) is 2.23. The Morgan fingerprint density at radius 1 is 1.09 bits per heavy atom. The van der Waals surface area contributed by atoms with Crippen LogP contribution >= 0.6 is 0 Å². The molecule has 1 aromatic heterocycles. The largest absolute Gasteiger partial charge is 0.497 e. The average Bonchev–Trinajstić information content (AvgIpc) is 2.89. The molecule has 2 aromatic carbocycles. The standard InChI is InChI=1S/C18H15N3O2/c1-22-14-8-6-12(7-9-14)15-11-21-16-5-3-2-4-13(16)10-17(21)18(19)23-20-15/h2-11,19-20H,1H3. The number of aromatic nitrogens is 1. The van der Waals surface area contributed by atoms with Crippen molar-refractivity contribution < 1.29 is 9.57 Å². The van der Waals surface area contributed by atoms with Crippen molar-refractivity contribution in [2.45, 2.75) is 0 Å². The quantitative estimate of drug-likeness (QED) is 0.762. The molecule has 1 aliphatic heterocycles. The van der Waals surface area contributed by atoms with E-state index >= 15 is 0 Å². The van der Waals surface area contributed by atoms with Gasteiger partial charge in [0.2, 0.25) is 0 Å². The molecule has 4 rings (SSSR count). The average molecular weight is 305 g/mol. The molecule has 1 aliphatic rings. The van der Waals surface area contributed by atoms with Crippen molar-refractivity contribution in [3.63, 3.8) is 0 Å². The molecule has 0 aliphatic carbocycles. The van der Waals surface area contributed by atoms with Crippen LogP contribution in [0.5, 0.6) is 5.75 Å². The summed E-state index contributed by atoms with van der Waals surface area (Å²) in [6, 6.07) is 17.7. The van der Waals surface area contributed by atoms with Gasteiger partial charge in [-0.25, -0.2) is 5.48 Å². The third-order valence-corrected chi connectivity index (χ3v) is 3.90. The molecule has 0 saturated carbocycles. The molecule has 0 fully saturated rings. The van der Waals surface area contributed by atoms with Crippen LogP contribution in [0.4, 0.5) is 0 Å². The zero-order valence-corrected chi connectivity index (χ0v) is 12.5. The number of hydrogen-bond acceptors (Lipinski definition) is 4. The molecule has 0 saturated heterocycles. The van der Waals surface area contributed by atoms with Gasteiger partial charge in [0.25, 0.3) is 5.90 Å². The summed E-state index contributed by atoms with van der Waals surface area (Å²) in [6.07, 6.45) is 1.95. The monoisotopic (exact) mass is 305 g/mol. The first-order chi connectivity index (χ1) is 11.3. The number of hydroxylamine groups is 1. The van der Waals surface area contributed by atoms with E-state index in [-0.39, 0.29) is 5.90 Å². The predicted octanol–water partition coefficient (Wildman–Crippen LogP) is 3.47. The fraction of sp³-hybridized carbons (Fsp3) is 0.0556. The van der Waals surface area contributed by atoms with Gasteiger partial charge in [-0.2, -0.15) is 0 Å². The summed E-state index contributed by atoms with van der Waals surface area (Å²) in [4.78, 5) is 5.40. The molecule has 0 spiro atoms. The highest BCUT2D eigenvalue weighted by atomic mass is 16.7. The summed E-state index contributed by atoms with van der Waals surface area (Å²) in [6.45, 7) is 0. The fourth-order valence-corrected chi connectivity index (χ4v) is 2.71. The van der Waals surface area contributed by atoms with Crippen LogP contribution in [-0.2, 0) is 4.84 Å². The van der Waals surface area contributed by atoms with Crippen LogP contribution in [0.2, 0.25) is 0 Å². The van der Waals surface area contributed by atoms with Gasteiger partial charge in [0.15, 0.2) is 0 Å². The van der Waals surface area contributed by atoms with Crippen LogP contribution in [0.1, 0.15) is 11.3 Å². The molecule has 0 amide bonds. The van der Waals surface area contributed by atoms with E-state index in [2.05, 4.69) is 5.48 Å². The SMILES string of the molecule is COc1ccc(C2=Cn3c(cc4ccccc43)C(=N)ON2)cc1. The van der Waals surface area contributed by atoms with Crippen molar-refractivity contribution in [2.75, 3.05) is 7.11 Å². The lowest BCUT2D eigenvalue weighted by molar-refractivity contribution is 0.238. The first-order valence-electron chi connectivity index (χ1n) is 7.24. The number of benzene rings is 2. The molecule has 2 heterocycles. The zero-order chi connectivity index (χ0) is 15.8. The first-order valence-corrected chi connectivity index (χ1v) is 7.24. The molecule has 5 nitrogen and oxygen atoms in total. The Morgan fingerprint density at radius 3 is 2.65 bits per heavy atom. The molecule has 23 heavy (non-hydrogen) atoms. The van der Waals surface area contributed by atoms with E-state index in [9.17, 15) is 0 Å². The highest BCUT2D eigenvalue weighted by Gasteiger charge is 2.18. The van der Waals surface area contributed by atoms with Gasteiger partial charge in [-0.1, -0.05) is 18.2 Å². The topological polar surface area (TPSA) is 59.3 Å². The van der Waals surface area contributed by atoms with E-state index in [1.807, 2.05) is 65.4 Å².